The number of thiophene rings is 1. The Balaban J connectivity index is 1.42. The van der Waals surface area contributed by atoms with Gasteiger partial charge in [-0.15, -0.1) is 11.3 Å². The summed E-state index contributed by atoms with van der Waals surface area (Å²) in [6.07, 6.45) is 4.24. The summed E-state index contributed by atoms with van der Waals surface area (Å²) in [7, 11) is 0. The van der Waals surface area contributed by atoms with Crippen molar-refractivity contribution < 1.29 is 9.47 Å². The van der Waals surface area contributed by atoms with E-state index in [0.29, 0.717) is 6.04 Å². The molecule has 1 aliphatic heterocycles. The van der Waals surface area contributed by atoms with Gasteiger partial charge < -0.3 is 14.8 Å². The molecule has 0 bridgehead atoms. The first-order chi connectivity index (χ1) is 9.83. The molecule has 1 aliphatic carbocycles. The molecule has 3 nitrogen and oxygen atoms in total. The minimum atomic E-state index is -0.254. The van der Waals surface area contributed by atoms with E-state index in [0.717, 1.165) is 38.9 Å². The number of benzene rings is 1. The van der Waals surface area contributed by atoms with Crippen molar-refractivity contribution in [2.45, 2.75) is 37.5 Å². The van der Waals surface area contributed by atoms with Gasteiger partial charge >= 0.3 is 0 Å². The Bertz CT molecular complexity index is 593. The number of ether oxygens (including phenoxy) is 2. The fourth-order valence-corrected chi connectivity index (χ4v) is 4.05. The lowest BCUT2D eigenvalue weighted by Crippen LogP contribution is -2.39. The second-order valence-corrected chi connectivity index (χ2v) is 6.65. The lowest BCUT2D eigenvalue weighted by Gasteiger charge is -2.36. The molecule has 2 heterocycles. The van der Waals surface area contributed by atoms with Crippen molar-refractivity contribution in [2.75, 3.05) is 18.5 Å². The first kappa shape index (κ1) is 12.6. The Labute approximate surface area is 122 Å². The summed E-state index contributed by atoms with van der Waals surface area (Å²) in [5, 5.41) is 7.14. The SMILES string of the molecule is c1cc2cc(NC3CCC4(CC3)OCCO4)ccc2s1. The van der Waals surface area contributed by atoms with Crippen LogP contribution in [0.15, 0.2) is 29.6 Å². The second kappa shape index (κ2) is 5.02. The summed E-state index contributed by atoms with van der Waals surface area (Å²) in [4.78, 5) is 0. The zero-order chi connectivity index (χ0) is 13.4. The van der Waals surface area contributed by atoms with Crippen LogP contribution in [0.25, 0.3) is 10.1 Å². The lowest BCUT2D eigenvalue weighted by atomic mass is 9.90. The topological polar surface area (TPSA) is 30.5 Å². The summed E-state index contributed by atoms with van der Waals surface area (Å²) in [6, 6.07) is 9.35. The Kier molecular flexibility index (Phi) is 3.17. The first-order valence-electron chi connectivity index (χ1n) is 7.35. The van der Waals surface area contributed by atoms with E-state index in [1.807, 2.05) is 0 Å². The molecule has 1 saturated carbocycles. The molecule has 0 atom stereocenters. The van der Waals surface area contributed by atoms with Crippen molar-refractivity contribution >= 4 is 27.1 Å². The van der Waals surface area contributed by atoms with Gasteiger partial charge in [0.05, 0.1) is 13.2 Å². The number of fused-ring (bicyclic) bond motifs is 1. The van der Waals surface area contributed by atoms with E-state index in [9.17, 15) is 0 Å². The van der Waals surface area contributed by atoms with Crippen LogP contribution in [0.5, 0.6) is 0 Å². The van der Waals surface area contributed by atoms with Crippen LogP contribution in [0.2, 0.25) is 0 Å². The minimum absolute atomic E-state index is 0.254. The zero-order valence-electron chi connectivity index (χ0n) is 11.4. The van der Waals surface area contributed by atoms with E-state index in [-0.39, 0.29) is 5.79 Å². The van der Waals surface area contributed by atoms with Crippen molar-refractivity contribution in [3.05, 3.63) is 29.6 Å². The lowest BCUT2D eigenvalue weighted by molar-refractivity contribution is -0.177. The number of nitrogens with one attached hydrogen (secondary N) is 1. The monoisotopic (exact) mass is 289 g/mol. The second-order valence-electron chi connectivity index (χ2n) is 5.70. The van der Waals surface area contributed by atoms with E-state index in [1.54, 1.807) is 11.3 Å². The Hall–Kier alpha value is -1.10. The number of anilines is 1. The van der Waals surface area contributed by atoms with Crippen molar-refractivity contribution in [1.29, 1.82) is 0 Å². The van der Waals surface area contributed by atoms with E-state index < -0.39 is 0 Å². The summed E-state index contributed by atoms with van der Waals surface area (Å²) >= 11 is 1.79. The molecule has 4 rings (SSSR count). The van der Waals surface area contributed by atoms with Crippen LogP contribution in [-0.4, -0.2) is 25.0 Å². The standard InChI is InChI=1S/C16H19NO2S/c1-2-15-12(5-10-20-15)11-14(1)17-13-3-6-16(7-4-13)18-8-9-19-16/h1-2,5,10-11,13,17H,3-4,6-9H2. The molecular weight excluding hydrogens is 270 g/mol. The maximum Gasteiger partial charge on any atom is 0.168 e. The molecule has 0 amide bonds. The van der Waals surface area contributed by atoms with Crippen molar-refractivity contribution in [2.24, 2.45) is 0 Å². The highest BCUT2D eigenvalue weighted by atomic mass is 32.1. The molecular formula is C16H19NO2S. The molecule has 1 N–H and O–H groups in total. The quantitative estimate of drug-likeness (QED) is 0.906. The third-order valence-electron chi connectivity index (χ3n) is 4.38. The maximum atomic E-state index is 5.78. The smallest absolute Gasteiger partial charge is 0.168 e. The predicted molar refractivity (Wildman–Crippen MR) is 82.3 cm³/mol. The van der Waals surface area contributed by atoms with Gasteiger partial charge in [-0.2, -0.15) is 0 Å². The molecule has 0 radical (unpaired) electrons. The summed E-state index contributed by atoms with van der Waals surface area (Å²) in [6.45, 7) is 1.51. The van der Waals surface area contributed by atoms with Gasteiger partial charge in [0, 0.05) is 29.3 Å². The van der Waals surface area contributed by atoms with Crippen LogP contribution in [0.4, 0.5) is 5.69 Å². The summed E-state index contributed by atoms with van der Waals surface area (Å²) < 4.78 is 12.9. The normalized spacial score (nSPS) is 22.6. The average Bonchev–Trinajstić information content (AvgIpc) is 3.11. The highest BCUT2D eigenvalue weighted by Crippen LogP contribution is 2.37. The van der Waals surface area contributed by atoms with E-state index in [4.69, 9.17) is 9.47 Å². The number of hydrogen-bond donors (Lipinski definition) is 1. The molecule has 0 unspecified atom stereocenters. The molecule has 1 spiro atoms. The molecule has 2 aliphatic rings. The largest absolute Gasteiger partial charge is 0.382 e. The van der Waals surface area contributed by atoms with Crippen molar-refractivity contribution in [1.82, 2.24) is 0 Å². The summed E-state index contributed by atoms with van der Waals surface area (Å²) in [5.41, 5.74) is 1.23. The van der Waals surface area contributed by atoms with Gasteiger partial charge in [-0.3, -0.25) is 0 Å². The highest BCUT2D eigenvalue weighted by Gasteiger charge is 2.40. The van der Waals surface area contributed by atoms with Gasteiger partial charge in [-0.05, 0) is 47.9 Å². The molecule has 2 fully saturated rings. The summed E-state index contributed by atoms with van der Waals surface area (Å²) in [5.74, 6) is -0.254. The van der Waals surface area contributed by atoms with Crippen molar-refractivity contribution in [3.8, 4) is 0 Å². The van der Waals surface area contributed by atoms with Gasteiger partial charge in [0.25, 0.3) is 0 Å². The van der Waals surface area contributed by atoms with Gasteiger partial charge in [0.2, 0.25) is 0 Å². The highest BCUT2D eigenvalue weighted by molar-refractivity contribution is 7.17. The Morgan fingerprint density at radius 2 is 1.90 bits per heavy atom. The Morgan fingerprint density at radius 1 is 1.10 bits per heavy atom. The molecule has 20 heavy (non-hydrogen) atoms. The van der Waals surface area contributed by atoms with Crippen LogP contribution in [0, 0.1) is 0 Å². The van der Waals surface area contributed by atoms with Gasteiger partial charge in [-0.25, -0.2) is 0 Å². The van der Waals surface area contributed by atoms with E-state index in [1.165, 1.54) is 15.8 Å². The van der Waals surface area contributed by atoms with Gasteiger partial charge in [0.1, 0.15) is 0 Å². The number of hydrogen-bond acceptors (Lipinski definition) is 4. The fourth-order valence-electron chi connectivity index (χ4n) is 3.28. The molecule has 2 aromatic rings. The fraction of sp³-hybridized carbons (Fsp3) is 0.500. The third-order valence-corrected chi connectivity index (χ3v) is 5.28. The Morgan fingerprint density at radius 3 is 2.70 bits per heavy atom. The molecule has 4 heteroatoms. The van der Waals surface area contributed by atoms with Crippen molar-refractivity contribution in [3.63, 3.8) is 0 Å². The predicted octanol–water partition coefficient (Wildman–Crippen LogP) is 4.00. The molecule has 1 aromatic heterocycles. The molecule has 106 valence electrons. The first-order valence-corrected chi connectivity index (χ1v) is 8.23. The van der Waals surface area contributed by atoms with Crippen LogP contribution in [0.3, 0.4) is 0 Å². The molecule has 1 aromatic carbocycles. The van der Waals surface area contributed by atoms with Crippen LogP contribution in [-0.2, 0) is 9.47 Å². The van der Waals surface area contributed by atoms with Crippen LogP contribution < -0.4 is 5.32 Å². The average molecular weight is 289 g/mol. The van der Waals surface area contributed by atoms with Crippen LogP contribution >= 0.6 is 11.3 Å². The number of rotatable bonds is 2. The van der Waals surface area contributed by atoms with Gasteiger partial charge in [0.15, 0.2) is 5.79 Å². The minimum Gasteiger partial charge on any atom is -0.382 e. The zero-order valence-corrected chi connectivity index (χ0v) is 12.2. The van der Waals surface area contributed by atoms with Crippen LogP contribution in [0.1, 0.15) is 25.7 Å². The van der Waals surface area contributed by atoms with Gasteiger partial charge in [-0.1, -0.05) is 0 Å². The third kappa shape index (κ3) is 2.32. The van der Waals surface area contributed by atoms with E-state index >= 15 is 0 Å². The molecule has 1 saturated heterocycles. The maximum absolute atomic E-state index is 5.78. The van der Waals surface area contributed by atoms with E-state index in [2.05, 4.69) is 35.0 Å².